The number of esters is 1. The maximum Gasteiger partial charge on any atom is 0.314 e. The van der Waals surface area contributed by atoms with E-state index in [1.54, 1.807) is 0 Å². The third-order valence-corrected chi connectivity index (χ3v) is 7.22. The number of carbonyl (C=O) groups excluding carboxylic acids is 1. The van der Waals surface area contributed by atoms with Crippen LogP contribution in [0.1, 0.15) is 56.7 Å². The van der Waals surface area contributed by atoms with Gasteiger partial charge in [0.15, 0.2) is 0 Å². The van der Waals surface area contributed by atoms with E-state index in [0.29, 0.717) is 24.8 Å². The molecule has 166 valence electrons. The van der Waals surface area contributed by atoms with Crippen LogP contribution < -0.4 is 0 Å². The van der Waals surface area contributed by atoms with Gasteiger partial charge in [-0.1, -0.05) is 18.2 Å². The zero-order valence-electron chi connectivity index (χ0n) is 19.0. The molecule has 3 heterocycles. The van der Waals surface area contributed by atoms with Crippen LogP contribution in [-0.2, 0) is 20.7 Å². The Morgan fingerprint density at radius 2 is 2.19 bits per heavy atom. The molecule has 1 aromatic carbocycles. The molecule has 0 bridgehead atoms. The molecule has 1 saturated heterocycles. The number of aromatic nitrogens is 1. The highest BCUT2D eigenvalue weighted by Crippen LogP contribution is 2.42. The Morgan fingerprint density at radius 3 is 2.97 bits per heavy atom. The van der Waals surface area contributed by atoms with Crippen LogP contribution in [0.25, 0.3) is 16.5 Å². The molecule has 5 heteroatoms. The summed E-state index contributed by atoms with van der Waals surface area (Å²) >= 11 is 0. The standard InChI is InChI=1S/C26H34N2O3/c1-17(2)28-16-18-14-24-22(21-9-4-10-23(28)25(18)21)13-19(15-27(24)3)26(29)31-12-6-8-20-7-5-11-30-20/h4,9-10,13,16-17,19-20,24H,5-8,11-12,14-15H2,1-3H3/t19-,20?,24-/m1/s1. The van der Waals surface area contributed by atoms with Crippen LogP contribution >= 0.6 is 0 Å². The fraction of sp³-hybridized carbons (Fsp3) is 0.577. The number of hydrogen-bond acceptors (Lipinski definition) is 4. The van der Waals surface area contributed by atoms with Crippen molar-refractivity contribution in [2.75, 3.05) is 26.8 Å². The lowest BCUT2D eigenvalue weighted by atomic mass is 9.80. The highest BCUT2D eigenvalue weighted by molar-refractivity contribution is 5.99. The summed E-state index contributed by atoms with van der Waals surface area (Å²) in [4.78, 5) is 15.2. The second kappa shape index (κ2) is 8.44. The van der Waals surface area contributed by atoms with E-state index >= 15 is 0 Å². The van der Waals surface area contributed by atoms with E-state index in [4.69, 9.17) is 9.47 Å². The Bertz CT molecular complexity index is 999. The summed E-state index contributed by atoms with van der Waals surface area (Å²) in [6.07, 6.45) is 10.0. The van der Waals surface area contributed by atoms with Crippen molar-refractivity contribution in [2.24, 2.45) is 5.92 Å². The number of rotatable bonds is 6. The number of fused-ring (bicyclic) bond motifs is 2. The minimum absolute atomic E-state index is 0.0946. The molecule has 0 radical (unpaired) electrons. The van der Waals surface area contributed by atoms with Crippen molar-refractivity contribution in [3.05, 3.63) is 41.6 Å². The Kier molecular flexibility index (Phi) is 5.65. The van der Waals surface area contributed by atoms with E-state index in [1.165, 1.54) is 27.6 Å². The summed E-state index contributed by atoms with van der Waals surface area (Å²) < 4.78 is 13.7. The average Bonchev–Trinajstić information content (AvgIpc) is 3.41. The van der Waals surface area contributed by atoms with Crippen LogP contribution in [0, 0.1) is 5.92 Å². The fourth-order valence-corrected chi connectivity index (χ4v) is 5.62. The minimum atomic E-state index is -0.206. The van der Waals surface area contributed by atoms with Gasteiger partial charge in [0, 0.05) is 42.3 Å². The quantitative estimate of drug-likeness (QED) is 0.504. The van der Waals surface area contributed by atoms with Crippen LogP contribution in [0.4, 0.5) is 0 Å². The number of likely N-dealkylation sites (N-methyl/N-ethyl adjacent to an activating group) is 1. The number of ether oxygens (including phenoxy) is 2. The number of hydrogen-bond donors (Lipinski definition) is 0. The molecule has 5 rings (SSSR count). The zero-order chi connectivity index (χ0) is 21.5. The van der Waals surface area contributed by atoms with Crippen LogP contribution in [0.3, 0.4) is 0 Å². The summed E-state index contributed by atoms with van der Waals surface area (Å²) in [6, 6.07) is 7.34. The van der Waals surface area contributed by atoms with Crippen molar-refractivity contribution in [3.63, 3.8) is 0 Å². The molecule has 0 saturated carbocycles. The molecular formula is C26H34N2O3. The molecule has 5 nitrogen and oxygen atoms in total. The molecule has 2 aromatic rings. The first-order valence-corrected chi connectivity index (χ1v) is 11.9. The topological polar surface area (TPSA) is 43.7 Å². The first-order chi connectivity index (χ1) is 15.0. The van der Waals surface area contributed by atoms with Gasteiger partial charge in [0.05, 0.1) is 18.6 Å². The van der Waals surface area contributed by atoms with Crippen molar-refractivity contribution < 1.29 is 14.3 Å². The Hall–Kier alpha value is -2.11. The van der Waals surface area contributed by atoms with Gasteiger partial charge in [0.25, 0.3) is 0 Å². The smallest absolute Gasteiger partial charge is 0.314 e. The second-order valence-electron chi connectivity index (χ2n) is 9.69. The van der Waals surface area contributed by atoms with Crippen LogP contribution in [0.5, 0.6) is 0 Å². The lowest BCUT2D eigenvalue weighted by molar-refractivity contribution is -0.147. The largest absolute Gasteiger partial charge is 0.465 e. The average molecular weight is 423 g/mol. The highest BCUT2D eigenvalue weighted by atomic mass is 16.5. The second-order valence-corrected chi connectivity index (χ2v) is 9.69. The maximum atomic E-state index is 12.9. The monoisotopic (exact) mass is 422 g/mol. The van der Waals surface area contributed by atoms with Gasteiger partial charge in [-0.25, -0.2) is 0 Å². The molecular weight excluding hydrogens is 388 g/mol. The van der Waals surface area contributed by atoms with E-state index in [-0.39, 0.29) is 11.9 Å². The van der Waals surface area contributed by atoms with Gasteiger partial charge < -0.3 is 14.0 Å². The normalized spacial score (nSPS) is 25.7. The van der Waals surface area contributed by atoms with Crippen molar-refractivity contribution in [3.8, 4) is 0 Å². The highest BCUT2D eigenvalue weighted by Gasteiger charge is 2.36. The summed E-state index contributed by atoms with van der Waals surface area (Å²) in [5, 5.41) is 1.36. The van der Waals surface area contributed by atoms with Gasteiger partial charge in [0.2, 0.25) is 0 Å². The molecule has 31 heavy (non-hydrogen) atoms. The molecule has 1 aromatic heterocycles. The van der Waals surface area contributed by atoms with E-state index < -0.39 is 0 Å². The molecule has 3 aliphatic rings. The van der Waals surface area contributed by atoms with Crippen LogP contribution in [-0.4, -0.2) is 54.4 Å². The molecule has 1 aliphatic carbocycles. The van der Waals surface area contributed by atoms with Gasteiger partial charge in [-0.2, -0.15) is 0 Å². The predicted octanol–water partition coefficient (Wildman–Crippen LogP) is 4.59. The van der Waals surface area contributed by atoms with E-state index in [2.05, 4.69) is 60.8 Å². The third-order valence-electron chi connectivity index (χ3n) is 7.22. The van der Waals surface area contributed by atoms with Gasteiger partial charge in [-0.05, 0) is 75.8 Å². The Labute approximate surface area is 185 Å². The molecule has 0 amide bonds. The first-order valence-electron chi connectivity index (χ1n) is 11.9. The van der Waals surface area contributed by atoms with E-state index in [9.17, 15) is 4.79 Å². The number of nitrogens with zero attached hydrogens (tertiary/aromatic N) is 2. The summed E-state index contributed by atoms with van der Waals surface area (Å²) in [7, 11) is 2.14. The molecule has 0 N–H and O–H groups in total. The molecule has 3 atom stereocenters. The third kappa shape index (κ3) is 3.83. The number of benzene rings is 1. The van der Waals surface area contributed by atoms with Gasteiger partial charge in [-0.15, -0.1) is 0 Å². The molecule has 1 unspecified atom stereocenters. The van der Waals surface area contributed by atoms with Crippen molar-refractivity contribution in [1.82, 2.24) is 9.47 Å². The van der Waals surface area contributed by atoms with E-state index in [1.807, 2.05) is 0 Å². The summed E-state index contributed by atoms with van der Waals surface area (Å²) in [6.45, 7) is 6.55. The van der Waals surface area contributed by atoms with Gasteiger partial charge in [0.1, 0.15) is 0 Å². The number of carbonyl (C=O) groups is 1. The Morgan fingerprint density at radius 1 is 1.32 bits per heavy atom. The molecule has 2 aliphatic heterocycles. The summed E-state index contributed by atoms with van der Waals surface area (Å²) in [5.41, 5.74) is 5.28. The summed E-state index contributed by atoms with van der Waals surface area (Å²) in [5.74, 6) is -0.300. The van der Waals surface area contributed by atoms with Crippen molar-refractivity contribution in [2.45, 2.75) is 64.1 Å². The SMILES string of the molecule is CC(C)n1cc2c3c(cccc31)C1=C[C@@H](C(=O)OCCCC3CCCO3)CN(C)[C@@H]1C2. The molecule has 0 spiro atoms. The van der Waals surface area contributed by atoms with Crippen molar-refractivity contribution in [1.29, 1.82) is 0 Å². The van der Waals surface area contributed by atoms with Gasteiger partial charge in [-0.3, -0.25) is 9.69 Å². The molecule has 1 fully saturated rings. The van der Waals surface area contributed by atoms with E-state index in [0.717, 1.165) is 45.3 Å². The maximum absolute atomic E-state index is 12.9. The fourth-order valence-electron chi connectivity index (χ4n) is 5.62. The zero-order valence-corrected chi connectivity index (χ0v) is 19.0. The Balaban J connectivity index is 1.35. The van der Waals surface area contributed by atoms with Crippen LogP contribution in [0.15, 0.2) is 30.5 Å². The lowest BCUT2D eigenvalue weighted by Crippen LogP contribution is -2.44. The van der Waals surface area contributed by atoms with Gasteiger partial charge >= 0.3 is 5.97 Å². The first kappa shape index (κ1) is 20.8. The van der Waals surface area contributed by atoms with Crippen molar-refractivity contribution >= 4 is 22.4 Å². The van der Waals surface area contributed by atoms with Crippen LogP contribution in [0.2, 0.25) is 0 Å². The predicted molar refractivity (Wildman–Crippen MR) is 123 cm³/mol. The minimum Gasteiger partial charge on any atom is -0.465 e. The lowest BCUT2D eigenvalue weighted by Gasteiger charge is -2.39.